The van der Waals surface area contributed by atoms with Crippen molar-refractivity contribution in [1.29, 1.82) is 0 Å². The van der Waals surface area contributed by atoms with E-state index in [4.69, 9.17) is 9.47 Å². The van der Waals surface area contributed by atoms with Crippen molar-refractivity contribution in [2.75, 3.05) is 14.2 Å². The first-order chi connectivity index (χ1) is 10.6. The Morgan fingerprint density at radius 2 is 1.59 bits per heavy atom. The highest BCUT2D eigenvalue weighted by Crippen LogP contribution is 2.45. The monoisotopic (exact) mass is 300 g/mol. The van der Waals surface area contributed by atoms with E-state index in [9.17, 15) is 0 Å². The molecule has 2 rings (SSSR count). The number of hydrogen-bond acceptors (Lipinski definition) is 2. The summed E-state index contributed by atoms with van der Waals surface area (Å²) in [5.41, 5.74) is 2.93. The van der Waals surface area contributed by atoms with Gasteiger partial charge in [-0.05, 0) is 38.3 Å². The molecule has 1 fully saturated rings. The lowest BCUT2D eigenvalue weighted by atomic mass is 9.65. The maximum Gasteiger partial charge on any atom is 0.156 e. The van der Waals surface area contributed by atoms with Crippen LogP contribution in [-0.4, -0.2) is 14.2 Å². The Morgan fingerprint density at radius 1 is 0.955 bits per heavy atom. The van der Waals surface area contributed by atoms with E-state index in [1.165, 1.54) is 43.2 Å². The topological polar surface area (TPSA) is 18.5 Å². The van der Waals surface area contributed by atoms with Gasteiger partial charge < -0.3 is 9.47 Å². The molecular weight excluding hydrogens is 272 g/mol. The number of allylic oxidation sites excluding steroid dienone is 3. The Hall–Kier alpha value is -1.70. The lowest BCUT2D eigenvalue weighted by Crippen LogP contribution is -2.30. The standard InChI is InChI=1S/C20H28O2/c1-16(15-19(22-4)17(2)21-3)20(13-9-6-10-14-20)18-11-7-5-8-12-18/h5,7-8,11-12,15H,6,9-10,13-14H2,1-4H3/b16-15+,19-17-. The largest absolute Gasteiger partial charge is 0.498 e. The van der Waals surface area contributed by atoms with Gasteiger partial charge in [0.25, 0.3) is 0 Å². The molecule has 1 aliphatic rings. The van der Waals surface area contributed by atoms with E-state index in [1.807, 2.05) is 6.92 Å². The zero-order valence-electron chi connectivity index (χ0n) is 14.3. The van der Waals surface area contributed by atoms with E-state index in [0.717, 1.165) is 11.5 Å². The average molecular weight is 300 g/mol. The number of methoxy groups -OCH3 is 2. The van der Waals surface area contributed by atoms with Crippen LogP contribution in [0.2, 0.25) is 0 Å². The second kappa shape index (κ2) is 7.53. The van der Waals surface area contributed by atoms with Crippen molar-refractivity contribution in [2.45, 2.75) is 51.4 Å². The summed E-state index contributed by atoms with van der Waals surface area (Å²) in [6.45, 7) is 4.18. The molecule has 0 bridgehead atoms. The summed E-state index contributed by atoms with van der Waals surface area (Å²) < 4.78 is 10.9. The molecule has 1 aromatic carbocycles. The van der Waals surface area contributed by atoms with Gasteiger partial charge in [-0.25, -0.2) is 0 Å². The number of ether oxygens (including phenoxy) is 2. The Morgan fingerprint density at radius 3 is 2.14 bits per heavy atom. The van der Waals surface area contributed by atoms with E-state index in [0.29, 0.717) is 0 Å². The molecule has 2 nitrogen and oxygen atoms in total. The van der Waals surface area contributed by atoms with Crippen LogP contribution >= 0.6 is 0 Å². The quantitative estimate of drug-likeness (QED) is 0.538. The van der Waals surface area contributed by atoms with E-state index in [1.54, 1.807) is 14.2 Å². The fourth-order valence-electron chi connectivity index (χ4n) is 3.56. The molecule has 22 heavy (non-hydrogen) atoms. The van der Waals surface area contributed by atoms with Gasteiger partial charge in [-0.15, -0.1) is 0 Å². The Bertz CT molecular complexity index is 534. The van der Waals surface area contributed by atoms with Crippen LogP contribution in [0.1, 0.15) is 51.5 Å². The Kier molecular flexibility index (Phi) is 5.70. The van der Waals surface area contributed by atoms with Crippen molar-refractivity contribution in [3.63, 3.8) is 0 Å². The van der Waals surface area contributed by atoms with Gasteiger partial charge in [-0.1, -0.05) is 55.2 Å². The highest BCUT2D eigenvalue weighted by molar-refractivity contribution is 5.39. The van der Waals surface area contributed by atoms with Crippen molar-refractivity contribution in [1.82, 2.24) is 0 Å². The van der Waals surface area contributed by atoms with Gasteiger partial charge in [0.2, 0.25) is 0 Å². The summed E-state index contributed by atoms with van der Waals surface area (Å²) in [5, 5.41) is 0. The third-order valence-electron chi connectivity index (χ3n) is 5.01. The molecule has 0 unspecified atom stereocenters. The van der Waals surface area contributed by atoms with Gasteiger partial charge in [-0.3, -0.25) is 0 Å². The third-order valence-corrected chi connectivity index (χ3v) is 5.01. The smallest absolute Gasteiger partial charge is 0.156 e. The van der Waals surface area contributed by atoms with Crippen molar-refractivity contribution >= 4 is 0 Å². The minimum Gasteiger partial charge on any atom is -0.498 e. The van der Waals surface area contributed by atoms with Crippen LogP contribution in [0.4, 0.5) is 0 Å². The average Bonchev–Trinajstić information content (AvgIpc) is 2.60. The lowest BCUT2D eigenvalue weighted by molar-refractivity contribution is 0.231. The highest BCUT2D eigenvalue weighted by atomic mass is 16.5. The molecule has 2 heteroatoms. The SMILES string of the molecule is CO/C(C)=C(/C=C(\C)C1(c2ccccc2)CCCCC1)OC. The molecule has 0 N–H and O–H groups in total. The van der Waals surface area contributed by atoms with Crippen LogP contribution in [-0.2, 0) is 14.9 Å². The van der Waals surface area contributed by atoms with Crippen LogP contribution in [0.25, 0.3) is 0 Å². The van der Waals surface area contributed by atoms with Crippen LogP contribution in [0.15, 0.2) is 53.5 Å². The Balaban J connectivity index is 2.46. The first kappa shape index (κ1) is 16.7. The van der Waals surface area contributed by atoms with Gasteiger partial charge in [0.1, 0.15) is 5.76 Å². The minimum absolute atomic E-state index is 0.136. The number of rotatable bonds is 5. The molecule has 0 spiro atoms. The van der Waals surface area contributed by atoms with E-state index in [2.05, 4.69) is 43.3 Å². The first-order valence-corrected chi connectivity index (χ1v) is 8.17. The summed E-state index contributed by atoms with van der Waals surface area (Å²) in [6, 6.07) is 10.9. The number of benzene rings is 1. The third kappa shape index (κ3) is 3.37. The fourth-order valence-corrected chi connectivity index (χ4v) is 3.56. The van der Waals surface area contributed by atoms with Gasteiger partial charge in [-0.2, -0.15) is 0 Å². The zero-order chi connectivity index (χ0) is 16.0. The number of hydrogen-bond donors (Lipinski definition) is 0. The molecule has 0 atom stereocenters. The molecule has 1 aliphatic carbocycles. The summed E-state index contributed by atoms with van der Waals surface area (Å²) in [4.78, 5) is 0. The zero-order valence-corrected chi connectivity index (χ0v) is 14.3. The fraction of sp³-hybridized carbons (Fsp3) is 0.500. The second-order valence-corrected chi connectivity index (χ2v) is 6.16. The highest BCUT2D eigenvalue weighted by Gasteiger charge is 2.35. The molecule has 1 aromatic rings. The van der Waals surface area contributed by atoms with E-state index >= 15 is 0 Å². The molecule has 0 aromatic heterocycles. The van der Waals surface area contributed by atoms with Gasteiger partial charge in [0, 0.05) is 5.41 Å². The van der Waals surface area contributed by atoms with Crippen LogP contribution in [0.3, 0.4) is 0 Å². The normalized spacial score (nSPS) is 19.4. The van der Waals surface area contributed by atoms with Crippen LogP contribution < -0.4 is 0 Å². The molecule has 120 valence electrons. The molecule has 1 saturated carbocycles. The van der Waals surface area contributed by atoms with Crippen molar-refractivity contribution < 1.29 is 9.47 Å². The second-order valence-electron chi connectivity index (χ2n) is 6.16. The maximum absolute atomic E-state index is 5.52. The first-order valence-electron chi connectivity index (χ1n) is 8.17. The van der Waals surface area contributed by atoms with Gasteiger partial charge in [0.05, 0.1) is 14.2 Å². The Labute approximate surface area is 134 Å². The summed E-state index contributed by atoms with van der Waals surface area (Å²) in [7, 11) is 3.39. The van der Waals surface area contributed by atoms with Gasteiger partial charge >= 0.3 is 0 Å². The summed E-state index contributed by atoms with van der Waals surface area (Å²) in [5.74, 6) is 1.64. The molecule has 0 heterocycles. The molecule has 0 saturated heterocycles. The summed E-state index contributed by atoms with van der Waals surface area (Å²) >= 11 is 0. The van der Waals surface area contributed by atoms with Crippen molar-refractivity contribution in [3.05, 3.63) is 59.1 Å². The van der Waals surface area contributed by atoms with Crippen LogP contribution in [0, 0.1) is 0 Å². The predicted octanol–water partition coefficient (Wildman–Crippen LogP) is 5.36. The molecule has 0 amide bonds. The molecule has 0 radical (unpaired) electrons. The van der Waals surface area contributed by atoms with E-state index in [-0.39, 0.29) is 5.41 Å². The minimum atomic E-state index is 0.136. The van der Waals surface area contributed by atoms with E-state index < -0.39 is 0 Å². The van der Waals surface area contributed by atoms with Crippen molar-refractivity contribution in [2.24, 2.45) is 0 Å². The van der Waals surface area contributed by atoms with Gasteiger partial charge in [0.15, 0.2) is 5.76 Å². The molecule has 0 aliphatic heterocycles. The molecular formula is C20H28O2. The maximum atomic E-state index is 5.52. The summed E-state index contributed by atoms with van der Waals surface area (Å²) in [6.07, 6.45) is 8.50. The lowest BCUT2D eigenvalue weighted by Gasteiger charge is -2.39. The van der Waals surface area contributed by atoms with Crippen molar-refractivity contribution in [3.8, 4) is 0 Å². The van der Waals surface area contributed by atoms with Crippen LogP contribution in [0.5, 0.6) is 0 Å². The predicted molar refractivity (Wildman–Crippen MR) is 91.7 cm³/mol.